The summed E-state index contributed by atoms with van der Waals surface area (Å²) in [6, 6.07) is 0. The third-order valence-corrected chi connectivity index (χ3v) is 6.52. The number of aromatic nitrogens is 2. The minimum atomic E-state index is 0.619. The second-order valence-corrected chi connectivity index (χ2v) is 7.96. The molecule has 1 aliphatic rings. The summed E-state index contributed by atoms with van der Waals surface area (Å²) in [5.41, 5.74) is 1.22. The first-order valence-corrected chi connectivity index (χ1v) is 8.93. The zero-order valence-corrected chi connectivity index (χ0v) is 13.6. The van der Waals surface area contributed by atoms with Crippen molar-refractivity contribution in [2.75, 3.05) is 0 Å². The summed E-state index contributed by atoms with van der Waals surface area (Å²) in [5, 5.41) is 2.46. The molecule has 2 nitrogen and oxygen atoms in total. The summed E-state index contributed by atoms with van der Waals surface area (Å²) in [5.74, 6) is 1.77. The average Bonchev–Trinajstić information content (AvgIpc) is 2.96. The molecule has 0 N–H and O–H groups in total. The molecule has 2 aromatic rings. The van der Waals surface area contributed by atoms with Crippen LogP contribution in [0.25, 0.3) is 10.2 Å². The van der Waals surface area contributed by atoms with Gasteiger partial charge in [0.1, 0.15) is 15.8 Å². The summed E-state index contributed by atoms with van der Waals surface area (Å²) in [6.45, 7) is 4.21. The molecule has 2 heterocycles. The van der Waals surface area contributed by atoms with Gasteiger partial charge in [-0.3, -0.25) is 0 Å². The molecule has 1 fully saturated rings. The fourth-order valence-corrected chi connectivity index (χ4v) is 5.17. The van der Waals surface area contributed by atoms with Crippen LogP contribution in [0.4, 0.5) is 0 Å². The molecule has 19 heavy (non-hydrogen) atoms. The predicted octanol–water partition coefficient (Wildman–Crippen LogP) is 5.14. The first-order chi connectivity index (χ1) is 9.15. The Hall–Kier alpha value is -0.320. The number of halogens is 1. The van der Waals surface area contributed by atoms with Gasteiger partial charge in [0.25, 0.3) is 0 Å². The molecular weight excluding hydrogens is 296 g/mol. The summed E-state index contributed by atoms with van der Waals surface area (Å²) in [4.78, 5) is 11.5. The van der Waals surface area contributed by atoms with Crippen molar-refractivity contribution in [2.45, 2.75) is 50.5 Å². The van der Waals surface area contributed by atoms with Gasteiger partial charge in [-0.25, -0.2) is 9.97 Å². The largest absolute Gasteiger partial charge is 0.221 e. The van der Waals surface area contributed by atoms with E-state index in [9.17, 15) is 0 Å². The van der Waals surface area contributed by atoms with Crippen molar-refractivity contribution >= 4 is 44.9 Å². The number of rotatable bonds is 3. The third-order valence-electron chi connectivity index (χ3n) is 3.78. The molecule has 0 atom stereocenters. The Bertz CT molecular complexity index is 603. The van der Waals surface area contributed by atoms with E-state index < -0.39 is 0 Å². The molecule has 0 aliphatic heterocycles. The Morgan fingerprint density at radius 3 is 2.74 bits per heavy atom. The van der Waals surface area contributed by atoms with Gasteiger partial charge >= 0.3 is 0 Å². The van der Waals surface area contributed by atoms with Crippen LogP contribution in [0.15, 0.2) is 0 Å². The van der Waals surface area contributed by atoms with Crippen LogP contribution in [-0.2, 0) is 5.75 Å². The first kappa shape index (κ1) is 13.7. The highest BCUT2D eigenvalue weighted by Crippen LogP contribution is 2.35. The van der Waals surface area contributed by atoms with Crippen molar-refractivity contribution in [3.63, 3.8) is 0 Å². The first-order valence-electron chi connectivity index (χ1n) is 6.69. The van der Waals surface area contributed by atoms with Crippen molar-refractivity contribution in [3.05, 3.63) is 21.4 Å². The standard InChI is InChI=1S/C14H17ClN2S2/c1-8-9(2)19-14-12(8)13(15)16-11(17-14)7-18-10-5-3-4-6-10/h10H,3-7H2,1-2H3. The number of aryl methyl sites for hydroxylation is 2. The molecule has 1 aliphatic carbocycles. The van der Waals surface area contributed by atoms with Crippen LogP contribution >= 0.6 is 34.7 Å². The molecule has 0 aromatic carbocycles. The average molecular weight is 313 g/mol. The van der Waals surface area contributed by atoms with Gasteiger partial charge in [-0.05, 0) is 32.3 Å². The summed E-state index contributed by atoms with van der Waals surface area (Å²) < 4.78 is 0. The molecule has 5 heteroatoms. The van der Waals surface area contributed by atoms with Crippen molar-refractivity contribution in [3.8, 4) is 0 Å². The maximum Gasteiger partial charge on any atom is 0.141 e. The molecule has 0 bridgehead atoms. The van der Waals surface area contributed by atoms with Crippen LogP contribution in [0.2, 0.25) is 5.15 Å². The van der Waals surface area contributed by atoms with Gasteiger partial charge in [0.2, 0.25) is 0 Å². The van der Waals surface area contributed by atoms with E-state index in [1.807, 2.05) is 11.8 Å². The van der Waals surface area contributed by atoms with Crippen molar-refractivity contribution in [2.24, 2.45) is 0 Å². The smallest absolute Gasteiger partial charge is 0.141 e. The molecule has 0 amide bonds. The lowest BCUT2D eigenvalue weighted by Gasteiger charge is -2.07. The van der Waals surface area contributed by atoms with E-state index in [1.165, 1.54) is 36.1 Å². The molecular formula is C14H17ClN2S2. The lowest BCUT2D eigenvalue weighted by molar-refractivity contribution is 0.886. The SMILES string of the molecule is Cc1sc2nc(CSC3CCCC3)nc(Cl)c2c1C. The van der Waals surface area contributed by atoms with Crippen LogP contribution in [-0.4, -0.2) is 15.2 Å². The Labute approximate surface area is 127 Å². The zero-order valence-electron chi connectivity index (χ0n) is 11.2. The van der Waals surface area contributed by atoms with E-state index in [4.69, 9.17) is 11.6 Å². The Morgan fingerprint density at radius 1 is 1.26 bits per heavy atom. The molecule has 0 saturated heterocycles. The second-order valence-electron chi connectivity index (χ2n) is 5.11. The highest BCUT2D eigenvalue weighted by molar-refractivity contribution is 7.99. The van der Waals surface area contributed by atoms with E-state index in [1.54, 1.807) is 11.3 Å². The second kappa shape index (κ2) is 5.58. The third kappa shape index (κ3) is 2.76. The molecule has 3 rings (SSSR count). The number of fused-ring (bicyclic) bond motifs is 1. The lowest BCUT2D eigenvalue weighted by atomic mass is 10.2. The van der Waals surface area contributed by atoms with Gasteiger partial charge in [-0.15, -0.1) is 11.3 Å². The van der Waals surface area contributed by atoms with E-state index in [0.717, 1.165) is 27.0 Å². The van der Waals surface area contributed by atoms with E-state index in [2.05, 4.69) is 23.8 Å². The predicted molar refractivity (Wildman–Crippen MR) is 85.5 cm³/mol. The molecule has 2 aromatic heterocycles. The van der Waals surface area contributed by atoms with Crippen molar-refractivity contribution in [1.82, 2.24) is 9.97 Å². The highest BCUT2D eigenvalue weighted by atomic mass is 35.5. The fraction of sp³-hybridized carbons (Fsp3) is 0.571. The number of nitrogens with zero attached hydrogens (tertiary/aromatic N) is 2. The number of thioether (sulfide) groups is 1. The summed E-state index contributed by atoms with van der Waals surface area (Å²) in [6.07, 6.45) is 5.44. The zero-order chi connectivity index (χ0) is 13.4. The topological polar surface area (TPSA) is 25.8 Å². The Kier molecular flexibility index (Phi) is 4.01. The highest BCUT2D eigenvalue weighted by Gasteiger charge is 2.17. The monoisotopic (exact) mass is 312 g/mol. The van der Waals surface area contributed by atoms with Gasteiger partial charge in [-0.2, -0.15) is 11.8 Å². The van der Waals surface area contributed by atoms with Gasteiger partial charge in [0.15, 0.2) is 0 Å². The summed E-state index contributed by atoms with van der Waals surface area (Å²) in [7, 11) is 0. The Balaban J connectivity index is 1.84. The molecule has 0 spiro atoms. The Morgan fingerprint density at radius 2 is 2.00 bits per heavy atom. The van der Waals surface area contributed by atoms with E-state index >= 15 is 0 Å². The van der Waals surface area contributed by atoms with Crippen LogP contribution in [0, 0.1) is 13.8 Å². The van der Waals surface area contributed by atoms with Crippen LogP contribution in [0.1, 0.15) is 41.9 Å². The number of hydrogen-bond donors (Lipinski definition) is 0. The van der Waals surface area contributed by atoms with Crippen LogP contribution in [0.5, 0.6) is 0 Å². The number of thiophene rings is 1. The van der Waals surface area contributed by atoms with Gasteiger partial charge in [-0.1, -0.05) is 24.4 Å². The quantitative estimate of drug-likeness (QED) is 0.734. The minimum absolute atomic E-state index is 0.619. The van der Waals surface area contributed by atoms with Crippen molar-refractivity contribution in [1.29, 1.82) is 0 Å². The maximum atomic E-state index is 6.32. The van der Waals surface area contributed by atoms with E-state index in [0.29, 0.717) is 5.15 Å². The normalized spacial score (nSPS) is 16.6. The minimum Gasteiger partial charge on any atom is -0.221 e. The van der Waals surface area contributed by atoms with Gasteiger partial charge in [0, 0.05) is 10.1 Å². The molecule has 1 saturated carbocycles. The summed E-state index contributed by atoms with van der Waals surface area (Å²) >= 11 is 10.0. The molecule has 0 unspecified atom stereocenters. The maximum absolute atomic E-state index is 6.32. The molecule has 102 valence electrons. The number of hydrogen-bond acceptors (Lipinski definition) is 4. The van der Waals surface area contributed by atoms with Gasteiger partial charge in [0.05, 0.1) is 11.1 Å². The fourth-order valence-electron chi connectivity index (χ4n) is 2.55. The lowest BCUT2D eigenvalue weighted by Crippen LogP contribution is -1.99. The van der Waals surface area contributed by atoms with E-state index in [-0.39, 0.29) is 0 Å². The van der Waals surface area contributed by atoms with Crippen molar-refractivity contribution < 1.29 is 0 Å². The van der Waals surface area contributed by atoms with Crippen LogP contribution in [0.3, 0.4) is 0 Å². The van der Waals surface area contributed by atoms with Crippen LogP contribution < -0.4 is 0 Å². The molecule has 0 radical (unpaired) electrons. The van der Waals surface area contributed by atoms with Gasteiger partial charge < -0.3 is 0 Å².